The van der Waals surface area contributed by atoms with Gasteiger partial charge in [0, 0.05) is 29.9 Å². The maximum Gasteiger partial charge on any atom is 0.322 e. The van der Waals surface area contributed by atoms with Crippen LogP contribution in [-0.2, 0) is 0 Å². The Balaban J connectivity index is 1.72. The molecule has 0 aliphatic heterocycles. The number of nitrogens with one attached hydrogen (secondary N) is 1. The topological polar surface area (TPSA) is 129 Å². The molecule has 0 unspecified atom stereocenters. The van der Waals surface area contributed by atoms with Crippen molar-refractivity contribution in [3.63, 3.8) is 0 Å². The van der Waals surface area contributed by atoms with Crippen molar-refractivity contribution in [2.45, 2.75) is 19.9 Å². The lowest BCUT2D eigenvalue weighted by Gasteiger charge is -2.02. The molecule has 25 heavy (non-hydrogen) atoms. The average Bonchev–Trinajstić information content (AvgIpc) is 3.23. The number of non-ortho nitro benzene ring substituents is 1. The lowest BCUT2D eigenvalue weighted by molar-refractivity contribution is -0.384. The summed E-state index contributed by atoms with van der Waals surface area (Å²) in [6, 6.07) is 7.01. The Morgan fingerprint density at radius 1 is 1.24 bits per heavy atom. The van der Waals surface area contributed by atoms with Crippen LogP contribution >= 0.6 is 0 Å². The number of aromatic nitrogens is 4. The molecule has 2 heterocycles. The van der Waals surface area contributed by atoms with Gasteiger partial charge in [-0.05, 0) is 32.0 Å². The van der Waals surface area contributed by atoms with Crippen molar-refractivity contribution in [2.24, 2.45) is 0 Å². The maximum atomic E-state index is 12.1. The Bertz CT molecular complexity index is 912. The summed E-state index contributed by atoms with van der Waals surface area (Å²) in [6.45, 7) is 3.97. The third-order valence-electron chi connectivity index (χ3n) is 3.34. The van der Waals surface area contributed by atoms with Crippen LogP contribution in [-0.4, -0.2) is 30.8 Å². The van der Waals surface area contributed by atoms with Crippen LogP contribution in [0.4, 0.5) is 11.7 Å². The molecule has 3 aromatic rings. The lowest BCUT2D eigenvalue weighted by Crippen LogP contribution is -2.12. The van der Waals surface area contributed by atoms with Crippen LogP contribution in [0.5, 0.6) is 0 Å². The van der Waals surface area contributed by atoms with Gasteiger partial charge in [0.15, 0.2) is 0 Å². The van der Waals surface area contributed by atoms with E-state index in [-0.39, 0.29) is 29.2 Å². The van der Waals surface area contributed by atoms with Crippen molar-refractivity contribution in [3.05, 3.63) is 52.2 Å². The summed E-state index contributed by atoms with van der Waals surface area (Å²) in [5.74, 6) is -0.337. The van der Waals surface area contributed by atoms with E-state index in [1.807, 2.05) is 13.8 Å². The van der Waals surface area contributed by atoms with Crippen molar-refractivity contribution in [2.75, 3.05) is 5.32 Å². The van der Waals surface area contributed by atoms with Crippen molar-refractivity contribution >= 4 is 17.6 Å². The van der Waals surface area contributed by atoms with Gasteiger partial charge in [-0.15, -0.1) is 5.10 Å². The smallest absolute Gasteiger partial charge is 0.322 e. The minimum absolute atomic E-state index is 0.0857. The third kappa shape index (κ3) is 3.52. The van der Waals surface area contributed by atoms with E-state index >= 15 is 0 Å². The van der Waals surface area contributed by atoms with Crippen LogP contribution < -0.4 is 5.32 Å². The van der Waals surface area contributed by atoms with Gasteiger partial charge in [-0.2, -0.15) is 5.10 Å². The molecule has 0 saturated heterocycles. The molecule has 0 bridgehead atoms. The van der Waals surface area contributed by atoms with E-state index < -0.39 is 10.8 Å². The second-order valence-corrected chi connectivity index (χ2v) is 5.45. The van der Waals surface area contributed by atoms with Crippen LogP contribution in [0, 0.1) is 10.1 Å². The monoisotopic (exact) mass is 342 g/mol. The molecular weight excluding hydrogens is 328 g/mol. The quantitative estimate of drug-likeness (QED) is 0.557. The molecule has 10 heteroatoms. The first-order valence-electron chi connectivity index (χ1n) is 7.39. The summed E-state index contributed by atoms with van der Waals surface area (Å²) < 4.78 is 7.12. The fourth-order valence-electron chi connectivity index (χ4n) is 2.02. The van der Waals surface area contributed by atoms with Crippen LogP contribution in [0.15, 0.2) is 40.9 Å². The summed E-state index contributed by atoms with van der Waals surface area (Å²) in [5, 5.41) is 25.0. The highest BCUT2D eigenvalue weighted by atomic mass is 16.6. The van der Waals surface area contributed by atoms with Gasteiger partial charge in [0.1, 0.15) is 5.69 Å². The molecule has 10 nitrogen and oxygen atoms in total. The molecule has 0 fully saturated rings. The molecule has 0 aliphatic carbocycles. The Labute approximate surface area is 141 Å². The van der Waals surface area contributed by atoms with Crippen molar-refractivity contribution in [1.82, 2.24) is 20.0 Å². The zero-order chi connectivity index (χ0) is 18.0. The minimum Gasteiger partial charge on any atom is -0.401 e. The largest absolute Gasteiger partial charge is 0.401 e. The third-order valence-corrected chi connectivity index (χ3v) is 3.34. The number of nitrogens with zero attached hydrogens (tertiary/aromatic N) is 5. The number of benzene rings is 1. The van der Waals surface area contributed by atoms with E-state index in [0.29, 0.717) is 5.69 Å². The van der Waals surface area contributed by atoms with E-state index in [9.17, 15) is 14.9 Å². The van der Waals surface area contributed by atoms with Gasteiger partial charge in [-0.1, -0.05) is 5.10 Å². The summed E-state index contributed by atoms with van der Waals surface area (Å²) in [4.78, 5) is 22.2. The zero-order valence-corrected chi connectivity index (χ0v) is 13.4. The Morgan fingerprint density at radius 2 is 1.96 bits per heavy atom. The first-order chi connectivity index (χ1) is 11.9. The molecule has 0 aliphatic rings. The summed E-state index contributed by atoms with van der Waals surface area (Å²) in [5.41, 5.74) is 0.629. The molecule has 0 spiro atoms. The van der Waals surface area contributed by atoms with E-state index in [2.05, 4.69) is 20.6 Å². The van der Waals surface area contributed by atoms with Crippen molar-refractivity contribution in [3.8, 4) is 11.6 Å². The molecule has 128 valence electrons. The summed E-state index contributed by atoms with van der Waals surface area (Å²) in [7, 11) is 0. The van der Waals surface area contributed by atoms with Crippen LogP contribution in [0.2, 0.25) is 0 Å². The molecule has 0 atom stereocenters. The van der Waals surface area contributed by atoms with Gasteiger partial charge in [0.05, 0.1) is 4.92 Å². The number of carbonyl (C=O) groups excluding carboxylic acids is 1. The Morgan fingerprint density at radius 3 is 2.56 bits per heavy atom. The number of rotatable bonds is 5. The summed E-state index contributed by atoms with van der Waals surface area (Å²) in [6.07, 6.45) is 1.79. The number of nitro benzene ring substituents is 1. The molecule has 0 saturated carbocycles. The summed E-state index contributed by atoms with van der Waals surface area (Å²) >= 11 is 0. The number of hydrogen-bond donors (Lipinski definition) is 1. The van der Waals surface area contributed by atoms with Gasteiger partial charge >= 0.3 is 6.01 Å². The lowest BCUT2D eigenvalue weighted by atomic mass is 10.2. The van der Waals surface area contributed by atoms with E-state index in [1.165, 1.54) is 24.3 Å². The van der Waals surface area contributed by atoms with E-state index in [4.69, 9.17) is 4.42 Å². The molecule has 0 radical (unpaired) electrons. The zero-order valence-electron chi connectivity index (χ0n) is 13.4. The van der Waals surface area contributed by atoms with Crippen molar-refractivity contribution < 1.29 is 14.1 Å². The van der Waals surface area contributed by atoms with Crippen LogP contribution in [0.25, 0.3) is 11.6 Å². The van der Waals surface area contributed by atoms with Gasteiger partial charge in [0.25, 0.3) is 17.5 Å². The molecule has 1 amide bonds. The first kappa shape index (κ1) is 16.3. The number of nitro groups is 1. The highest BCUT2D eigenvalue weighted by molar-refractivity contribution is 6.03. The molecule has 1 aromatic carbocycles. The fourth-order valence-corrected chi connectivity index (χ4v) is 2.02. The Hall–Kier alpha value is -3.56. The number of anilines is 1. The molecule has 3 rings (SSSR count). The molecule has 1 N–H and O–H groups in total. The highest BCUT2D eigenvalue weighted by Crippen LogP contribution is 2.19. The Kier molecular flexibility index (Phi) is 4.25. The predicted molar refractivity (Wildman–Crippen MR) is 87.0 cm³/mol. The normalized spacial score (nSPS) is 10.8. The predicted octanol–water partition coefficient (Wildman–Crippen LogP) is 2.67. The second kappa shape index (κ2) is 6.51. The second-order valence-electron chi connectivity index (χ2n) is 5.45. The van der Waals surface area contributed by atoms with Crippen molar-refractivity contribution in [1.29, 1.82) is 0 Å². The SMILES string of the molecule is CC(C)n1ccc(-c2nnc(NC(=O)c3ccc([N+](=O)[O-])cc3)o2)n1. The van der Waals surface area contributed by atoms with Gasteiger partial charge in [-0.3, -0.25) is 24.9 Å². The fraction of sp³-hybridized carbons (Fsp3) is 0.200. The number of carbonyl (C=O) groups is 1. The van der Waals surface area contributed by atoms with Gasteiger partial charge in [-0.25, -0.2) is 0 Å². The number of amides is 1. The minimum atomic E-state index is -0.539. The molecular formula is C15H14N6O4. The van der Waals surface area contributed by atoms with Crippen LogP contribution in [0.1, 0.15) is 30.2 Å². The van der Waals surface area contributed by atoms with E-state index in [0.717, 1.165) is 0 Å². The first-order valence-corrected chi connectivity index (χ1v) is 7.39. The van der Waals surface area contributed by atoms with E-state index in [1.54, 1.807) is 16.9 Å². The average molecular weight is 342 g/mol. The van der Waals surface area contributed by atoms with Gasteiger partial charge < -0.3 is 4.42 Å². The molecule has 2 aromatic heterocycles. The maximum absolute atomic E-state index is 12.1. The standard InChI is InChI=1S/C15H14N6O4/c1-9(2)20-8-7-12(19-20)14-17-18-15(25-14)16-13(22)10-3-5-11(6-4-10)21(23)24/h3-9H,1-2H3,(H,16,18,22). The van der Waals surface area contributed by atoms with Crippen LogP contribution in [0.3, 0.4) is 0 Å². The number of hydrogen-bond acceptors (Lipinski definition) is 7. The highest BCUT2D eigenvalue weighted by Gasteiger charge is 2.15. The van der Waals surface area contributed by atoms with Gasteiger partial charge in [0.2, 0.25) is 0 Å².